The van der Waals surface area contributed by atoms with E-state index in [1.807, 2.05) is 6.07 Å². The van der Waals surface area contributed by atoms with Crippen LogP contribution in [0.5, 0.6) is 0 Å². The lowest BCUT2D eigenvalue weighted by molar-refractivity contribution is 0.128. The Kier molecular flexibility index (Phi) is 3.69. The molecule has 0 atom stereocenters. The van der Waals surface area contributed by atoms with Gasteiger partial charge in [-0.3, -0.25) is 0 Å². The zero-order chi connectivity index (χ0) is 17.7. The fourth-order valence-corrected chi connectivity index (χ4v) is 5.40. The number of sulfonamides is 1. The number of piperidine rings is 1. The van der Waals surface area contributed by atoms with E-state index in [1.54, 1.807) is 16.8 Å². The van der Waals surface area contributed by atoms with E-state index in [2.05, 4.69) is 24.8 Å². The number of rotatable bonds is 2. The van der Waals surface area contributed by atoms with Crippen molar-refractivity contribution in [3.05, 3.63) is 30.0 Å². The quantitative estimate of drug-likeness (QED) is 0.776. The van der Waals surface area contributed by atoms with E-state index in [0.29, 0.717) is 38.9 Å². The van der Waals surface area contributed by atoms with Gasteiger partial charge >= 0.3 is 0 Å². The van der Waals surface area contributed by atoms with Crippen molar-refractivity contribution in [2.24, 2.45) is 0 Å². The Hall–Kier alpha value is -2.20. The van der Waals surface area contributed by atoms with Gasteiger partial charge in [0.2, 0.25) is 16.0 Å². The number of H-pyrrole nitrogens is 1. The number of hydrogen-bond acceptors (Lipinski definition) is 7. The summed E-state index contributed by atoms with van der Waals surface area (Å²) in [5.74, 6) is 1.01. The highest BCUT2D eigenvalue weighted by Gasteiger charge is 2.50. The summed E-state index contributed by atoms with van der Waals surface area (Å²) >= 11 is 0. The van der Waals surface area contributed by atoms with Gasteiger partial charge in [-0.25, -0.2) is 18.4 Å². The molecule has 1 spiro atoms. The predicted octanol–water partition coefficient (Wildman–Crippen LogP) is 0.0953. The Bertz CT molecular complexity index is 887. The maximum atomic E-state index is 12.4. The number of nitrogens with zero attached hydrogens (tertiary/aromatic N) is 5. The molecule has 0 unspecified atom stereocenters. The largest absolute Gasteiger partial charge is 0.368 e. The van der Waals surface area contributed by atoms with Crippen LogP contribution in [0, 0.1) is 0 Å². The Balaban J connectivity index is 1.67. The van der Waals surface area contributed by atoms with Crippen LogP contribution in [-0.2, 0) is 22.0 Å². The minimum Gasteiger partial charge on any atom is -0.368 e. The first-order chi connectivity index (χ1) is 11.9. The molecule has 0 aromatic carbocycles. The van der Waals surface area contributed by atoms with Gasteiger partial charge in [0.1, 0.15) is 5.82 Å². The zero-order valence-electron chi connectivity index (χ0n) is 14.0. The molecule has 25 heavy (non-hydrogen) atoms. The maximum Gasteiger partial charge on any atom is 0.221 e. The standard InChI is InChI=1S/C15H21N7O2S/c1-25(23,24)22-7-3-11-13(19-10-18-11)15(22)4-8-21(9-5-15)12-2-6-17-14(16)20-12/h2,6,10H,3-5,7-9H2,1H3,(H,18,19)(H2,16,17,20). The number of imidazole rings is 1. The second kappa shape index (κ2) is 5.67. The fourth-order valence-electron chi connectivity index (χ4n) is 4.07. The van der Waals surface area contributed by atoms with Crippen LogP contribution in [0.4, 0.5) is 11.8 Å². The van der Waals surface area contributed by atoms with E-state index >= 15 is 0 Å². The van der Waals surface area contributed by atoms with Crippen molar-refractivity contribution in [2.75, 3.05) is 36.5 Å². The molecule has 2 aromatic heterocycles. The number of nitrogens with one attached hydrogen (secondary N) is 1. The second-order valence-corrected chi connectivity index (χ2v) is 8.51. The monoisotopic (exact) mass is 363 g/mol. The van der Waals surface area contributed by atoms with Crippen molar-refractivity contribution in [1.29, 1.82) is 0 Å². The number of anilines is 2. The summed E-state index contributed by atoms with van der Waals surface area (Å²) in [6.07, 6.45) is 6.55. The lowest BCUT2D eigenvalue weighted by Gasteiger charge is -2.49. The average Bonchev–Trinajstić information content (AvgIpc) is 3.05. The zero-order valence-corrected chi connectivity index (χ0v) is 14.8. The molecule has 0 amide bonds. The van der Waals surface area contributed by atoms with Crippen LogP contribution in [0.15, 0.2) is 18.6 Å². The van der Waals surface area contributed by atoms with E-state index in [1.165, 1.54) is 6.26 Å². The van der Waals surface area contributed by atoms with Gasteiger partial charge in [0.05, 0.1) is 23.8 Å². The molecule has 9 nitrogen and oxygen atoms in total. The Morgan fingerprint density at radius 3 is 2.68 bits per heavy atom. The van der Waals surface area contributed by atoms with Crippen molar-refractivity contribution >= 4 is 21.8 Å². The Morgan fingerprint density at radius 1 is 1.24 bits per heavy atom. The van der Waals surface area contributed by atoms with Gasteiger partial charge in [0.25, 0.3) is 0 Å². The highest BCUT2D eigenvalue weighted by Crippen LogP contribution is 2.43. The van der Waals surface area contributed by atoms with Crippen LogP contribution in [-0.4, -0.2) is 58.5 Å². The Morgan fingerprint density at radius 2 is 2.00 bits per heavy atom. The average molecular weight is 363 g/mol. The second-order valence-electron chi connectivity index (χ2n) is 6.61. The van der Waals surface area contributed by atoms with Crippen LogP contribution in [0.3, 0.4) is 0 Å². The van der Waals surface area contributed by atoms with Gasteiger partial charge in [0.15, 0.2) is 0 Å². The molecular formula is C15H21N7O2S. The smallest absolute Gasteiger partial charge is 0.221 e. The molecule has 10 heteroatoms. The molecule has 4 heterocycles. The molecule has 0 aliphatic carbocycles. The maximum absolute atomic E-state index is 12.4. The molecule has 0 saturated carbocycles. The highest BCUT2D eigenvalue weighted by atomic mass is 32.2. The summed E-state index contributed by atoms with van der Waals surface area (Å²) in [6.45, 7) is 1.83. The molecule has 0 bridgehead atoms. The number of aromatic amines is 1. The summed E-state index contributed by atoms with van der Waals surface area (Å²) in [7, 11) is -3.33. The summed E-state index contributed by atoms with van der Waals surface area (Å²) in [5.41, 5.74) is 7.00. The minimum atomic E-state index is -3.33. The van der Waals surface area contributed by atoms with Gasteiger partial charge < -0.3 is 15.6 Å². The first-order valence-electron chi connectivity index (χ1n) is 8.24. The topological polar surface area (TPSA) is 121 Å². The van der Waals surface area contributed by atoms with Crippen LogP contribution in [0.2, 0.25) is 0 Å². The van der Waals surface area contributed by atoms with E-state index in [9.17, 15) is 8.42 Å². The summed E-state index contributed by atoms with van der Waals surface area (Å²) < 4.78 is 26.5. The van der Waals surface area contributed by atoms with Gasteiger partial charge in [-0.1, -0.05) is 0 Å². The molecule has 1 saturated heterocycles. The van der Waals surface area contributed by atoms with E-state index in [0.717, 1.165) is 17.2 Å². The van der Waals surface area contributed by atoms with Gasteiger partial charge in [-0.15, -0.1) is 0 Å². The van der Waals surface area contributed by atoms with Crippen LogP contribution in [0.1, 0.15) is 24.2 Å². The third kappa shape index (κ3) is 2.65. The third-order valence-corrected chi connectivity index (χ3v) is 6.51. The SMILES string of the molecule is CS(=O)(=O)N1CCc2[nH]cnc2C12CCN(c1ccnc(N)n1)CC2. The van der Waals surface area contributed by atoms with Crippen molar-refractivity contribution in [3.63, 3.8) is 0 Å². The first kappa shape index (κ1) is 16.3. The summed E-state index contributed by atoms with van der Waals surface area (Å²) in [5, 5.41) is 0. The number of hydrogen-bond donors (Lipinski definition) is 2. The van der Waals surface area contributed by atoms with Gasteiger partial charge in [0, 0.05) is 37.9 Å². The molecule has 3 N–H and O–H groups in total. The summed E-state index contributed by atoms with van der Waals surface area (Å²) in [4.78, 5) is 18.0. The number of fused-ring (bicyclic) bond motifs is 2. The van der Waals surface area contributed by atoms with Gasteiger partial charge in [-0.05, 0) is 18.9 Å². The molecule has 2 aliphatic heterocycles. The van der Waals surface area contributed by atoms with Crippen molar-refractivity contribution in [2.45, 2.75) is 24.8 Å². The van der Waals surface area contributed by atoms with Crippen LogP contribution >= 0.6 is 0 Å². The molecule has 1 fully saturated rings. The lowest BCUT2D eigenvalue weighted by Crippen LogP contribution is -2.58. The third-order valence-electron chi connectivity index (χ3n) is 5.18. The van der Waals surface area contributed by atoms with Crippen molar-refractivity contribution < 1.29 is 8.42 Å². The number of nitrogen functional groups attached to an aromatic ring is 1. The van der Waals surface area contributed by atoms with Crippen molar-refractivity contribution in [1.82, 2.24) is 24.2 Å². The van der Waals surface area contributed by atoms with Gasteiger partial charge in [-0.2, -0.15) is 9.29 Å². The number of nitrogens with two attached hydrogens (primary N) is 1. The molecule has 134 valence electrons. The lowest BCUT2D eigenvalue weighted by atomic mass is 9.80. The summed E-state index contributed by atoms with van der Waals surface area (Å²) in [6, 6.07) is 1.82. The molecule has 0 radical (unpaired) electrons. The Labute approximate surface area is 146 Å². The van der Waals surface area contributed by atoms with E-state index in [4.69, 9.17) is 5.73 Å². The van der Waals surface area contributed by atoms with Crippen LogP contribution < -0.4 is 10.6 Å². The van der Waals surface area contributed by atoms with E-state index < -0.39 is 15.6 Å². The van der Waals surface area contributed by atoms with E-state index in [-0.39, 0.29) is 5.95 Å². The van der Waals surface area contributed by atoms with Crippen molar-refractivity contribution in [3.8, 4) is 0 Å². The normalized spacial score (nSPS) is 20.6. The molecular weight excluding hydrogens is 342 g/mol. The molecule has 4 rings (SSSR count). The molecule has 2 aliphatic rings. The highest BCUT2D eigenvalue weighted by molar-refractivity contribution is 7.88. The fraction of sp³-hybridized carbons (Fsp3) is 0.533. The van der Waals surface area contributed by atoms with Crippen LogP contribution in [0.25, 0.3) is 0 Å². The minimum absolute atomic E-state index is 0.239. The first-order valence-corrected chi connectivity index (χ1v) is 10.1. The predicted molar refractivity (Wildman–Crippen MR) is 93.4 cm³/mol. The number of aromatic nitrogens is 4. The molecule has 2 aromatic rings.